The van der Waals surface area contributed by atoms with Gasteiger partial charge in [0.25, 0.3) is 0 Å². The van der Waals surface area contributed by atoms with Crippen molar-refractivity contribution >= 4 is 33.7 Å². The second kappa shape index (κ2) is 5.11. The van der Waals surface area contributed by atoms with Crippen LogP contribution in [0.3, 0.4) is 0 Å². The second-order valence-corrected chi connectivity index (χ2v) is 4.38. The number of thioether (sulfide) groups is 1. The van der Waals surface area contributed by atoms with E-state index in [0.717, 1.165) is 4.48 Å². The fourth-order valence-corrected chi connectivity index (χ4v) is 1.64. The number of halogens is 1. The maximum atomic E-state index is 10.4. The summed E-state index contributed by atoms with van der Waals surface area (Å²) in [6, 6.07) is 0. The van der Waals surface area contributed by atoms with Gasteiger partial charge in [-0.2, -0.15) is 0 Å². The van der Waals surface area contributed by atoms with Gasteiger partial charge >= 0.3 is 5.97 Å². The van der Waals surface area contributed by atoms with E-state index >= 15 is 0 Å². The summed E-state index contributed by atoms with van der Waals surface area (Å²) in [5.74, 6) is -0.378. The molecule has 0 fully saturated rings. The fraction of sp³-hybridized carbons (Fsp3) is 0.333. The summed E-state index contributed by atoms with van der Waals surface area (Å²) in [5.41, 5.74) is 0. The van der Waals surface area contributed by atoms with Gasteiger partial charge in [0.05, 0.1) is 0 Å². The third-order valence-electron chi connectivity index (χ3n) is 1.14. The second-order valence-electron chi connectivity index (χ2n) is 2.32. The van der Waals surface area contributed by atoms with Gasteiger partial charge < -0.3 is 5.11 Å². The molecule has 0 aliphatic heterocycles. The number of aromatic nitrogens is 4. The minimum Gasteiger partial charge on any atom is -0.480 e. The standard InChI is InChI=1S/C6H7BrN4O2S/c1-4(7)3-14-6-8-9-10-11(6)2-5(12)13/h1-3H2,(H,12,13). The molecule has 0 saturated heterocycles. The van der Waals surface area contributed by atoms with Gasteiger partial charge in [-0.05, 0) is 14.9 Å². The van der Waals surface area contributed by atoms with Crippen molar-refractivity contribution < 1.29 is 9.90 Å². The lowest BCUT2D eigenvalue weighted by Gasteiger charge is -1.99. The monoisotopic (exact) mass is 278 g/mol. The highest BCUT2D eigenvalue weighted by molar-refractivity contribution is 9.11. The zero-order chi connectivity index (χ0) is 10.6. The number of hydrogen-bond acceptors (Lipinski definition) is 5. The lowest BCUT2D eigenvalue weighted by Crippen LogP contribution is -2.11. The summed E-state index contributed by atoms with van der Waals surface area (Å²) in [5, 5.41) is 19.6. The van der Waals surface area contributed by atoms with Crippen LogP contribution in [0, 0.1) is 0 Å². The van der Waals surface area contributed by atoms with Crippen LogP contribution in [0.1, 0.15) is 0 Å². The summed E-state index contributed by atoms with van der Waals surface area (Å²) < 4.78 is 2.02. The van der Waals surface area contributed by atoms with E-state index in [1.54, 1.807) is 0 Å². The van der Waals surface area contributed by atoms with Crippen molar-refractivity contribution in [2.45, 2.75) is 11.7 Å². The van der Waals surface area contributed by atoms with E-state index in [-0.39, 0.29) is 6.54 Å². The Kier molecular flexibility index (Phi) is 4.08. The first kappa shape index (κ1) is 11.2. The Hall–Kier alpha value is -0.890. The quantitative estimate of drug-likeness (QED) is 0.801. The first-order chi connectivity index (χ1) is 6.59. The van der Waals surface area contributed by atoms with Crippen LogP contribution >= 0.6 is 27.7 Å². The topological polar surface area (TPSA) is 80.9 Å². The van der Waals surface area contributed by atoms with Crippen molar-refractivity contribution in [2.75, 3.05) is 5.75 Å². The molecule has 1 aromatic heterocycles. The van der Waals surface area contributed by atoms with Crippen molar-refractivity contribution in [1.29, 1.82) is 0 Å². The van der Waals surface area contributed by atoms with E-state index in [1.807, 2.05) is 0 Å². The molecule has 14 heavy (non-hydrogen) atoms. The molecule has 0 unspecified atom stereocenters. The van der Waals surface area contributed by atoms with Gasteiger partial charge in [-0.3, -0.25) is 4.79 Å². The predicted molar refractivity (Wildman–Crippen MR) is 54.2 cm³/mol. The molecule has 0 bridgehead atoms. The van der Waals surface area contributed by atoms with Crippen LogP contribution in [-0.2, 0) is 11.3 Å². The first-order valence-electron chi connectivity index (χ1n) is 3.53. The molecule has 8 heteroatoms. The van der Waals surface area contributed by atoms with E-state index < -0.39 is 5.97 Å². The van der Waals surface area contributed by atoms with Crippen molar-refractivity contribution in [3.63, 3.8) is 0 Å². The van der Waals surface area contributed by atoms with Gasteiger partial charge in [-0.25, -0.2) is 4.68 Å². The molecule has 0 amide bonds. The SMILES string of the molecule is C=C(Br)CSc1nnnn1CC(=O)O. The van der Waals surface area contributed by atoms with Crippen LogP contribution in [0.2, 0.25) is 0 Å². The number of carboxylic acid groups (broad SMARTS) is 1. The molecular formula is C6H7BrN4O2S. The number of hydrogen-bond donors (Lipinski definition) is 1. The summed E-state index contributed by atoms with van der Waals surface area (Å²) >= 11 is 4.51. The molecule has 0 saturated carbocycles. The number of carbonyl (C=O) groups is 1. The molecule has 6 nitrogen and oxygen atoms in total. The molecule has 1 rings (SSSR count). The largest absolute Gasteiger partial charge is 0.480 e. The Bertz CT molecular complexity index is 353. The van der Waals surface area contributed by atoms with Crippen LogP contribution in [0.15, 0.2) is 16.2 Å². The molecular weight excluding hydrogens is 272 g/mol. The Morgan fingerprint density at radius 1 is 1.71 bits per heavy atom. The van der Waals surface area contributed by atoms with Crippen LogP contribution in [0.25, 0.3) is 0 Å². The molecule has 1 aromatic rings. The number of aliphatic carboxylic acids is 1. The Morgan fingerprint density at radius 3 is 3.00 bits per heavy atom. The highest BCUT2D eigenvalue weighted by Crippen LogP contribution is 2.18. The third kappa shape index (κ3) is 3.46. The van der Waals surface area contributed by atoms with Gasteiger partial charge in [-0.1, -0.05) is 34.3 Å². The zero-order valence-corrected chi connectivity index (χ0v) is 9.45. The third-order valence-corrected chi connectivity index (χ3v) is 2.84. The predicted octanol–water partition coefficient (Wildman–Crippen LogP) is 0.758. The molecule has 0 spiro atoms. The Morgan fingerprint density at radius 2 is 2.43 bits per heavy atom. The average Bonchev–Trinajstić information content (AvgIpc) is 2.47. The van der Waals surface area contributed by atoms with Gasteiger partial charge in [0.1, 0.15) is 6.54 Å². The van der Waals surface area contributed by atoms with Gasteiger partial charge in [0.15, 0.2) is 0 Å². The molecule has 0 aromatic carbocycles. The van der Waals surface area contributed by atoms with Crippen molar-refractivity contribution in [1.82, 2.24) is 20.2 Å². The highest BCUT2D eigenvalue weighted by atomic mass is 79.9. The van der Waals surface area contributed by atoms with Gasteiger partial charge in [-0.15, -0.1) is 5.10 Å². The van der Waals surface area contributed by atoms with E-state index in [4.69, 9.17) is 5.11 Å². The molecule has 1 N–H and O–H groups in total. The smallest absolute Gasteiger partial charge is 0.325 e. The Labute approximate surface area is 92.5 Å². The molecule has 0 aliphatic carbocycles. The normalized spacial score (nSPS) is 10.1. The average molecular weight is 279 g/mol. The minimum atomic E-state index is -0.975. The van der Waals surface area contributed by atoms with Crippen molar-refractivity contribution in [3.8, 4) is 0 Å². The minimum absolute atomic E-state index is 0.232. The van der Waals surface area contributed by atoms with Gasteiger partial charge in [0.2, 0.25) is 5.16 Å². The molecule has 0 atom stereocenters. The van der Waals surface area contributed by atoms with E-state index in [0.29, 0.717) is 10.9 Å². The van der Waals surface area contributed by atoms with Gasteiger partial charge in [0, 0.05) is 5.75 Å². The molecule has 76 valence electrons. The van der Waals surface area contributed by atoms with Crippen LogP contribution in [0.4, 0.5) is 0 Å². The molecule has 0 aliphatic rings. The fourth-order valence-electron chi connectivity index (χ4n) is 0.670. The molecule has 0 radical (unpaired) electrons. The van der Waals surface area contributed by atoms with E-state index in [1.165, 1.54) is 16.4 Å². The van der Waals surface area contributed by atoms with Crippen LogP contribution < -0.4 is 0 Å². The maximum Gasteiger partial charge on any atom is 0.325 e. The lowest BCUT2D eigenvalue weighted by molar-refractivity contribution is -0.138. The summed E-state index contributed by atoms with van der Waals surface area (Å²) in [6.45, 7) is 3.41. The lowest BCUT2D eigenvalue weighted by atomic mass is 10.7. The summed E-state index contributed by atoms with van der Waals surface area (Å²) in [4.78, 5) is 10.4. The first-order valence-corrected chi connectivity index (χ1v) is 5.31. The number of tetrazole rings is 1. The van der Waals surface area contributed by atoms with E-state index in [2.05, 4.69) is 38.0 Å². The number of nitrogens with zero attached hydrogens (tertiary/aromatic N) is 4. The van der Waals surface area contributed by atoms with Crippen molar-refractivity contribution in [3.05, 3.63) is 11.1 Å². The molecule has 1 heterocycles. The van der Waals surface area contributed by atoms with Crippen LogP contribution in [0.5, 0.6) is 0 Å². The highest BCUT2D eigenvalue weighted by Gasteiger charge is 2.09. The Balaban J connectivity index is 2.62. The summed E-state index contributed by atoms with van der Waals surface area (Å²) in [7, 11) is 0. The maximum absolute atomic E-state index is 10.4. The zero-order valence-electron chi connectivity index (χ0n) is 7.05. The van der Waals surface area contributed by atoms with Crippen molar-refractivity contribution in [2.24, 2.45) is 0 Å². The number of carboxylic acids is 1. The summed E-state index contributed by atoms with van der Waals surface area (Å²) in [6.07, 6.45) is 0. The van der Waals surface area contributed by atoms with Crippen LogP contribution in [-0.4, -0.2) is 37.0 Å². The number of rotatable bonds is 5. The van der Waals surface area contributed by atoms with E-state index in [9.17, 15) is 4.79 Å².